The first kappa shape index (κ1) is 8.05. The van der Waals surface area contributed by atoms with Crippen molar-refractivity contribution in [1.82, 2.24) is 0 Å². The fourth-order valence-corrected chi connectivity index (χ4v) is 0.943. The highest BCUT2D eigenvalue weighted by Crippen LogP contribution is 2.15. The van der Waals surface area contributed by atoms with Crippen molar-refractivity contribution < 1.29 is 9.13 Å². The maximum Gasteiger partial charge on any atom is 0.127 e. The molecule has 2 heteroatoms. The topological polar surface area (TPSA) is 9.23 Å². The lowest BCUT2D eigenvalue weighted by Crippen LogP contribution is -1.87. The first-order valence-corrected chi connectivity index (χ1v) is 3.59. The predicted octanol–water partition coefficient (Wildman–Crippen LogP) is 2.40. The summed E-state index contributed by atoms with van der Waals surface area (Å²) in [6, 6.07) is 4.73. The zero-order chi connectivity index (χ0) is 8.27. The molecule has 1 nitrogen and oxygen atoms in total. The molecule has 1 aromatic carbocycles. The lowest BCUT2D eigenvalue weighted by Gasteiger charge is -2.02. The van der Waals surface area contributed by atoms with Crippen LogP contribution in [0.25, 0.3) is 0 Å². The molecule has 11 heavy (non-hydrogen) atoms. The molecule has 0 aromatic heterocycles. The van der Waals surface area contributed by atoms with E-state index in [1.165, 1.54) is 19.2 Å². The number of methoxy groups -OCH3 is 1. The number of hydrogen-bond donors (Lipinski definition) is 0. The molecule has 0 unspecified atom stereocenters. The summed E-state index contributed by atoms with van der Waals surface area (Å²) in [6.07, 6.45) is 0.828. The molecule has 0 spiro atoms. The number of ether oxygens (including phenoxy) is 1. The van der Waals surface area contributed by atoms with E-state index in [9.17, 15) is 4.39 Å². The average Bonchev–Trinajstić information content (AvgIpc) is 2.03. The Hall–Kier alpha value is -1.05. The molecule has 0 aliphatic heterocycles. The van der Waals surface area contributed by atoms with Gasteiger partial charge in [0.25, 0.3) is 0 Å². The third-order valence-corrected chi connectivity index (χ3v) is 1.58. The molecule has 1 aromatic rings. The summed E-state index contributed by atoms with van der Waals surface area (Å²) in [4.78, 5) is 0. The third-order valence-electron chi connectivity index (χ3n) is 1.58. The second-order valence-corrected chi connectivity index (χ2v) is 2.35. The zero-order valence-corrected chi connectivity index (χ0v) is 6.73. The van der Waals surface area contributed by atoms with Gasteiger partial charge in [-0.15, -0.1) is 0 Å². The van der Waals surface area contributed by atoms with E-state index in [1.807, 2.05) is 13.0 Å². The molecule has 0 amide bonds. The van der Waals surface area contributed by atoms with E-state index in [0.717, 1.165) is 12.0 Å². The van der Waals surface area contributed by atoms with Crippen molar-refractivity contribution in [2.75, 3.05) is 7.11 Å². The lowest BCUT2D eigenvalue weighted by atomic mass is 10.1. The van der Waals surface area contributed by atoms with Gasteiger partial charge in [0.05, 0.1) is 7.11 Å². The van der Waals surface area contributed by atoms with Gasteiger partial charge in [-0.1, -0.05) is 6.92 Å². The Bertz CT molecular complexity index is 223. The minimum Gasteiger partial charge on any atom is -0.497 e. The van der Waals surface area contributed by atoms with Gasteiger partial charge in [0.1, 0.15) is 11.6 Å². The fraction of sp³-hybridized carbons (Fsp3) is 0.333. The van der Waals surface area contributed by atoms with Crippen LogP contribution in [0.1, 0.15) is 12.5 Å². The Labute approximate surface area is 65.8 Å². The molecule has 0 radical (unpaired) electrons. The Morgan fingerprint density at radius 3 is 2.64 bits per heavy atom. The van der Waals surface area contributed by atoms with Gasteiger partial charge in [-0.25, -0.2) is 4.39 Å². The van der Waals surface area contributed by atoms with Gasteiger partial charge >= 0.3 is 0 Å². The van der Waals surface area contributed by atoms with E-state index in [4.69, 9.17) is 4.74 Å². The van der Waals surface area contributed by atoms with E-state index in [-0.39, 0.29) is 5.82 Å². The summed E-state index contributed by atoms with van der Waals surface area (Å²) in [7, 11) is 1.54. The van der Waals surface area contributed by atoms with Crippen molar-refractivity contribution in [2.45, 2.75) is 13.3 Å². The van der Waals surface area contributed by atoms with Gasteiger partial charge in [-0.05, 0) is 24.1 Å². The van der Waals surface area contributed by atoms with Crippen LogP contribution in [-0.2, 0) is 6.42 Å². The highest BCUT2D eigenvalue weighted by molar-refractivity contribution is 5.29. The largest absolute Gasteiger partial charge is 0.497 e. The molecule has 0 saturated heterocycles. The molecule has 0 heterocycles. The third kappa shape index (κ3) is 1.93. The van der Waals surface area contributed by atoms with Crippen molar-refractivity contribution in [2.24, 2.45) is 0 Å². The maximum atomic E-state index is 12.7. The van der Waals surface area contributed by atoms with Crippen LogP contribution in [0.15, 0.2) is 18.2 Å². The Kier molecular flexibility index (Phi) is 2.47. The minimum absolute atomic E-state index is 0.235. The van der Waals surface area contributed by atoms with Crippen molar-refractivity contribution >= 4 is 0 Å². The van der Waals surface area contributed by atoms with Crippen LogP contribution in [0, 0.1) is 5.82 Å². The monoisotopic (exact) mass is 154 g/mol. The maximum absolute atomic E-state index is 12.7. The first-order chi connectivity index (χ1) is 5.26. The van der Waals surface area contributed by atoms with Gasteiger partial charge in [0.2, 0.25) is 0 Å². The molecular weight excluding hydrogens is 143 g/mol. The number of halogens is 1. The zero-order valence-electron chi connectivity index (χ0n) is 6.73. The van der Waals surface area contributed by atoms with Gasteiger partial charge in [0.15, 0.2) is 0 Å². The second kappa shape index (κ2) is 3.37. The molecule has 0 N–H and O–H groups in total. The van der Waals surface area contributed by atoms with Crippen LogP contribution in [0.4, 0.5) is 4.39 Å². The molecule has 0 aliphatic carbocycles. The highest BCUT2D eigenvalue weighted by atomic mass is 19.1. The van der Waals surface area contributed by atoms with Crippen LogP contribution >= 0.6 is 0 Å². The van der Waals surface area contributed by atoms with Gasteiger partial charge in [-0.3, -0.25) is 0 Å². The Morgan fingerprint density at radius 1 is 1.36 bits per heavy atom. The van der Waals surface area contributed by atoms with Gasteiger partial charge < -0.3 is 4.74 Å². The van der Waals surface area contributed by atoms with Crippen LogP contribution < -0.4 is 4.74 Å². The van der Waals surface area contributed by atoms with Crippen molar-refractivity contribution in [3.8, 4) is 5.75 Å². The van der Waals surface area contributed by atoms with Crippen molar-refractivity contribution in [3.05, 3.63) is 29.6 Å². The second-order valence-electron chi connectivity index (χ2n) is 2.35. The molecule has 0 fully saturated rings. The SMILES string of the molecule is CCc1cc(F)cc(OC)c1. The molecule has 60 valence electrons. The van der Waals surface area contributed by atoms with Crippen LogP contribution in [0.2, 0.25) is 0 Å². The summed E-state index contributed by atoms with van der Waals surface area (Å²) < 4.78 is 17.6. The average molecular weight is 154 g/mol. The fourth-order valence-electron chi connectivity index (χ4n) is 0.943. The number of hydrogen-bond acceptors (Lipinski definition) is 1. The van der Waals surface area contributed by atoms with Gasteiger partial charge in [-0.2, -0.15) is 0 Å². The Balaban J connectivity index is 3.02. The molecule has 0 saturated carbocycles. The van der Waals surface area contributed by atoms with E-state index in [2.05, 4.69) is 0 Å². The molecule has 0 bridgehead atoms. The van der Waals surface area contributed by atoms with Crippen LogP contribution in [0.3, 0.4) is 0 Å². The molecule has 0 aliphatic rings. The molecule has 1 rings (SSSR count). The first-order valence-electron chi connectivity index (χ1n) is 3.59. The summed E-state index contributed by atoms with van der Waals surface area (Å²) in [5, 5.41) is 0. The summed E-state index contributed by atoms with van der Waals surface area (Å²) >= 11 is 0. The van der Waals surface area contributed by atoms with E-state index in [0.29, 0.717) is 5.75 Å². The molecule has 0 atom stereocenters. The molecular formula is C9H11FO. The highest BCUT2D eigenvalue weighted by Gasteiger charge is 1.97. The van der Waals surface area contributed by atoms with Gasteiger partial charge in [0, 0.05) is 6.07 Å². The van der Waals surface area contributed by atoms with Crippen molar-refractivity contribution in [3.63, 3.8) is 0 Å². The summed E-state index contributed by atoms with van der Waals surface area (Å²) in [5.74, 6) is 0.350. The number of benzene rings is 1. The predicted molar refractivity (Wildman–Crippen MR) is 42.3 cm³/mol. The lowest BCUT2D eigenvalue weighted by molar-refractivity contribution is 0.410. The van der Waals surface area contributed by atoms with Crippen LogP contribution in [-0.4, -0.2) is 7.11 Å². The standard InChI is InChI=1S/C9H11FO/c1-3-7-4-8(10)6-9(5-7)11-2/h4-6H,3H2,1-2H3. The summed E-state index contributed by atoms with van der Waals surface area (Å²) in [6.45, 7) is 1.98. The number of aryl methyl sites for hydroxylation is 1. The Morgan fingerprint density at radius 2 is 2.09 bits per heavy atom. The van der Waals surface area contributed by atoms with E-state index >= 15 is 0 Å². The number of rotatable bonds is 2. The van der Waals surface area contributed by atoms with E-state index < -0.39 is 0 Å². The quantitative estimate of drug-likeness (QED) is 0.635. The smallest absolute Gasteiger partial charge is 0.127 e. The van der Waals surface area contributed by atoms with Crippen molar-refractivity contribution in [1.29, 1.82) is 0 Å². The summed E-state index contributed by atoms with van der Waals surface area (Å²) in [5.41, 5.74) is 0.960. The van der Waals surface area contributed by atoms with Crippen LogP contribution in [0.5, 0.6) is 5.75 Å². The minimum atomic E-state index is -0.235. The van der Waals surface area contributed by atoms with E-state index in [1.54, 1.807) is 0 Å². The normalized spacial score (nSPS) is 9.73.